The summed E-state index contributed by atoms with van der Waals surface area (Å²) in [6.07, 6.45) is 7.86. The molecule has 0 spiro atoms. The summed E-state index contributed by atoms with van der Waals surface area (Å²) in [7, 11) is 0. The quantitative estimate of drug-likeness (QED) is 0.811. The molecule has 0 saturated carbocycles. The smallest absolute Gasteiger partial charge is 0.261 e. The van der Waals surface area contributed by atoms with Crippen LogP contribution in [-0.4, -0.2) is 22.4 Å². The van der Waals surface area contributed by atoms with Gasteiger partial charge in [-0.1, -0.05) is 6.08 Å². The van der Waals surface area contributed by atoms with E-state index in [1.165, 1.54) is 17.7 Å². The van der Waals surface area contributed by atoms with Crippen LogP contribution in [-0.2, 0) is 12.8 Å². The molecule has 1 amide bonds. The van der Waals surface area contributed by atoms with Crippen molar-refractivity contribution in [1.29, 1.82) is 0 Å². The molecule has 0 aromatic carbocycles. The van der Waals surface area contributed by atoms with Crippen LogP contribution in [0.1, 0.15) is 39.5 Å². The second-order valence-corrected chi connectivity index (χ2v) is 6.53. The number of fused-ring (bicyclic) bond motifs is 1. The summed E-state index contributed by atoms with van der Waals surface area (Å²) in [5.74, 6) is -0.0708. The maximum Gasteiger partial charge on any atom is 0.261 e. The summed E-state index contributed by atoms with van der Waals surface area (Å²) in [5, 5.41) is 0.775. The predicted octanol–water partition coefficient (Wildman–Crippen LogP) is 3.56. The average Bonchev–Trinajstić information content (AvgIpc) is 2.96. The second kappa shape index (κ2) is 6.40. The fourth-order valence-corrected chi connectivity index (χ4v) is 3.74. The van der Waals surface area contributed by atoms with Crippen LogP contribution in [0, 0.1) is 6.92 Å². The second-order valence-electron chi connectivity index (χ2n) is 5.47. The first kappa shape index (κ1) is 14.9. The minimum Gasteiger partial charge on any atom is -0.280 e. The Labute approximate surface area is 134 Å². The van der Waals surface area contributed by atoms with Gasteiger partial charge in [0.2, 0.25) is 0 Å². The predicted molar refractivity (Wildman–Crippen MR) is 89.6 cm³/mol. The molecule has 114 valence electrons. The number of rotatable bonds is 4. The van der Waals surface area contributed by atoms with Crippen LogP contribution in [0.25, 0.3) is 0 Å². The third kappa shape index (κ3) is 2.95. The van der Waals surface area contributed by atoms with Crippen molar-refractivity contribution in [3.8, 4) is 0 Å². The van der Waals surface area contributed by atoms with Gasteiger partial charge >= 0.3 is 0 Å². The number of nitrogens with zero attached hydrogens (tertiary/aromatic N) is 3. The molecule has 3 rings (SSSR count). The van der Waals surface area contributed by atoms with E-state index in [1.54, 1.807) is 28.5 Å². The third-order valence-electron chi connectivity index (χ3n) is 3.78. The zero-order valence-electron chi connectivity index (χ0n) is 12.7. The monoisotopic (exact) mass is 313 g/mol. The molecular weight excluding hydrogens is 294 g/mol. The molecule has 0 radical (unpaired) electrons. The van der Waals surface area contributed by atoms with E-state index in [0.717, 1.165) is 29.4 Å². The van der Waals surface area contributed by atoms with Gasteiger partial charge in [-0.3, -0.25) is 14.7 Å². The lowest BCUT2D eigenvalue weighted by Crippen LogP contribution is -2.31. The van der Waals surface area contributed by atoms with Gasteiger partial charge in [0.05, 0.1) is 11.3 Å². The summed E-state index contributed by atoms with van der Waals surface area (Å²) < 4.78 is 0. The molecule has 0 saturated heterocycles. The van der Waals surface area contributed by atoms with E-state index < -0.39 is 0 Å². The van der Waals surface area contributed by atoms with Crippen LogP contribution in [0.3, 0.4) is 0 Å². The van der Waals surface area contributed by atoms with Crippen LogP contribution in [0.5, 0.6) is 0 Å². The van der Waals surface area contributed by atoms with E-state index in [-0.39, 0.29) is 5.91 Å². The summed E-state index contributed by atoms with van der Waals surface area (Å²) in [6.45, 7) is 6.13. The molecule has 4 nitrogen and oxygen atoms in total. The Hall–Kier alpha value is -2.01. The van der Waals surface area contributed by atoms with Crippen molar-refractivity contribution in [1.82, 2.24) is 9.97 Å². The molecule has 1 aliphatic carbocycles. The van der Waals surface area contributed by atoms with Gasteiger partial charge in [0, 0.05) is 23.3 Å². The highest BCUT2D eigenvalue weighted by atomic mass is 32.1. The lowest BCUT2D eigenvalue weighted by Gasteiger charge is -2.17. The minimum atomic E-state index is -0.0708. The van der Waals surface area contributed by atoms with Crippen molar-refractivity contribution in [2.24, 2.45) is 0 Å². The van der Waals surface area contributed by atoms with Crippen molar-refractivity contribution in [3.05, 3.63) is 52.8 Å². The van der Waals surface area contributed by atoms with Crippen LogP contribution >= 0.6 is 11.3 Å². The highest BCUT2D eigenvalue weighted by Crippen LogP contribution is 2.32. The fraction of sp³-hybridized carbons (Fsp3) is 0.353. The van der Waals surface area contributed by atoms with Gasteiger partial charge in [-0.25, -0.2) is 4.98 Å². The van der Waals surface area contributed by atoms with Crippen LogP contribution in [0.4, 0.5) is 5.13 Å². The van der Waals surface area contributed by atoms with E-state index in [1.807, 2.05) is 19.1 Å². The van der Waals surface area contributed by atoms with Gasteiger partial charge in [-0.15, -0.1) is 17.9 Å². The Bertz CT molecular complexity index is 667. The maximum atomic E-state index is 12.8. The standard InChI is InChI=1S/C17H19N3OS/c1-3-10-20(16(21)13-9-8-12(2)18-11-13)17-19-14-6-4-5-7-15(14)22-17/h3,8-9,11H,1,4-7,10H2,2H3. The van der Waals surface area contributed by atoms with Gasteiger partial charge in [-0.2, -0.15) is 0 Å². The number of aryl methyl sites for hydroxylation is 3. The van der Waals surface area contributed by atoms with Crippen molar-refractivity contribution in [2.45, 2.75) is 32.6 Å². The lowest BCUT2D eigenvalue weighted by atomic mass is 10.0. The molecular formula is C17H19N3OS. The number of pyridine rings is 1. The molecule has 2 aromatic rings. The number of hydrogen-bond acceptors (Lipinski definition) is 4. The SMILES string of the molecule is C=CCN(C(=O)c1ccc(C)nc1)c1nc2c(s1)CCCC2. The normalized spacial score (nSPS) is 13.5. The van der Waals surface area contributed by atoms with Crippen molar-refractivity contribution in [2.75, 3.05) is 11.4 Å². The van der Waals surface area contributed by atoms with Crippen molar-refractivity contribution < 1.29 is 4.79 Å². The molecule has 0 fully saturated rings. The summed E-state index contributed by atoms with van der Waals surface area (Å²) >= 11 is 1.64. The molecule has 0 aliphatic heterocycles. The zero-order chi connectivity index (χ0) is 15.5. The average molecular weight is 313 g/mol. The number of carbonyl (C=O) groups is 1. The Morgan fingerprint density at radius 3 is 2.91 bits per heavy atom. The first-order valence-electron chi connectivity index (χ1n) is 7.53. The number of carbonyl (C=O) groups excluding carboxylic acids is 1. The number of amides is 1. The highest BCUT2D eigenvalue weighted by molar-refractivity contribution is 7.16. The van der Waals surface area contributed by atoms with E-state index in [0.29, 0.717) is 12.1 Å². The van der Waals surface area contributed by atoms with Gasteiger partial charge in [0.15, 0.2) is 5.13 Å². The largest absolute Gasteiger partial charge is 0.280 e. The summed E-state index contributed by atoms with van der Waals surface area (Å²) in [6, 6.07) is 3.67. The maximum absolute atomic E-state index is 12.8. The molecule has 0 atom stereocenters. The van der Waals surface area contributed by atoms with Crippen LogP contribution in [0.2, 0.25) is 0 Å². The highest BCUT2D eigenvalue weighted by Gasteiger charge is 2.23. The molecule has 22 heavy (non-hydrogen) atoms. The number of hydrogen-bond donors (Lipinski definition) is 0. The first-order chi connectivity index (χ1) is 10.7. The van der Waals surface area contributed by atoms with Gasteiger partial charge < -0.3 is 0 Å². The van der Waals surface area contributed by atoms with Gasteiger partial charge in [-0.05, 0) is 44.7 Å². The van der Waals surface area contributed by atoms with Gasteiger partial charge in [0.25, 0.3) is 5.91 Å². The Morgan fingerprint density at radius 2 is 2.23 bits per heavy atom. The summed E-state index contributed by atoms with van der Waals surface area (Å²) in [4.78, 5) is 24.7. The lowest BCUT2D eigenvalue weighted by molar-refractivity contribution is 0.0989. The van der Waals surface area contributed by atoms with Crippen molar-refractivity contribution >= 4 is 22.4 Å². The molecule has 5 heteroatoms. The number of aromatic nitrogens is 2. The molecule has 2 heterocycles. The molecule has 0 N–H and O–H groups in total. The van der Waals surface area contributed by atoms with E-state index in [4.69, 9.17) is 0 Å². The van der Waals surface area contributed by atoms with Crippen LogP contribution in [0.15, 0.2) is 31.0 Å². The Morgan fingerprint density at radius 1 is 1.41 bits per heavy atom. The number of thiazole rings is 1. The first-order valence-corrected chi connectivity index (χ1v) is 8.34. The van der Waals surface area contributed by atoms with Gasteiger partial charge in [0.1, 0.15) is 0 Å². The number of anilines is 1. The zero-order valence-corrected chi connectivity index (χ0v) is 13.5. The minimum absolute atomic E-state index is 0.0708. The van der Waals surface area contributed by atoms with E-state index in [9.17, 15) is 4.79 Å². The van der Waals surface area contributed by atoms with E-state index in [2.05, 4.69) is 16.5 Å². The topological polar surface area (TPSA) is 46.1 Å². The Kier molecular flexibility index (Phi) is 4.34. The molecule has 0 bridgehead atoms. The fourth-order valence-electron chi connectivity index (χ4n) is 2.58. The Balaban J connectivity index is 1.91. The summed E-state index contributed by atoms with van der Waals surface area (Å²) in [5.41, 5.74) is 2.65. The van der Waals surface area contributed by atoms with Crippen molar-refractivity contribution in [3.63, 3.8) is 0 Å². The molecule has 2 aromatic heterocycles. The molecule has 0 unspecified atom stereocenters. The molecule has 1 aliphatic rings. The third-order valence-corrected chi connectivity index (χ3v) is 4.96. The van der Waals surface area contributed by atoms with Crippen LogP contribution < -0.4 is 4.90 Å². The van der Waals surface area contributed by atoms with E-state index >= 15 is 0 Å².